The van der Waals surface area contributed by atoms with Crippen LogP contribution in [-0.2, 0) is 14.3 Å². The van der Waals surface area contributed by atoms with Crippen molar-refractivity contribution in [2.24, 2.45) is 0 Å². The van der Waals surface area contributed by atoms with Crippen molar-refractivity contribution < 1.29 is 23.8 Å². The van der Waals surface area contributed by atoms with E-state index in [9.17, 15) is 9.90 Å². The Kier molecular flexibility index (Phi) is 9.57. The second-order valence-electron chi connectivity index (χ2n) is 4.90. The molecule has 120 valence electrons. The third kappa shape index (κ3) is 8.52. The molecule has 1 aromatic rings. The van der Waals surface area contributed by atoms with E-state index in [0.29, 0.717) is 32.0 Å². The summed E-state index contributed by atoms with van der Waals surface area (Å²) >= 11 is 0. The first-order valence-electron chi connectivity index (χ1n) is 7.69. The Bertz CT molecular complexity index is 361. The number of hydrogen-bond donors (Lipinski definition) is 1. The quantitative estimate of drug-likeness (QED) is 0.474. The highest BCUT2D eigenvalue weighted by atomic mass is 16.5. The number of aliphatic hydroxyl groups excluding tert-OH is 1. The van der Waals surface area contributed by atoms with Gasteiger partial charge < -0.3 is 19.0 Å². The third-order valence-corrected chi connectivity index (χ3v) is 3.14. The van der Waals surface area contributed by atoms with Crippen LogP contribution in [0, 0.1) is 0 Å². The highest BCUT2D eigenvalue weighted by Crippen LogP contribution is 2.19. The van der Waals surface area contributed by atoms with Gasteiger partial charge in [-0.3, -0.25) is 4.79 Å². The Balaban J connectivity index is 1.85. The van der Waals surface area contributed by atoms with E-state index in [4.69, 9.17) is 13.9 Å². The maximum absolute atomic E-state index is 11.0. The normalized spacial score (nSPS) is 12.3. The smallest absolute Gasteiger partial charge is 0.308 e. The van der Waals surface area contributed by atoms with Crippen molar-refractivity contribution >= 4 is 5.97 Å². The molecule has 0 spiro atoms. The molecule has 0 fully saturated rings. The van der Waals surface area contributed by atoms with Crippen LogP contribution in [0.1, 0.15) is 57.3 Å². The number of furan rings is 1. The van der Waals surface area contributed by atoms with Gasteiger partial charge in [-0.15, -0.1) is 0 Å². The fourth-order valence-corrected chi connectivity index (χ4v) is 2.01. The number of aliphatic hydroxyl groups is 1. The summed E-state index contributed by atoms with van der Waals surface area (Å²) in [6.07, 6.45) is 6.17. The van der Waals surface area contributed by atoms with Crippen molar-refractivity contribution in [3.05, 3.63) is 24.2 Å². The van der Waals surface area contributed by atoms with Gasteiger partial charge in [-0.2, -0.15) is 0 Å². The lowest BCUT2D eigenvalue weighted by Gasteiger charge is -2.07. The fraction of sp³-hybridized carbons (Fsp3) is 0.688. The molecular weight excluding hydrogens is 272 g/mol. The predicted octanol–water partition coefficient (Wildman–Crippen LogP) is 3.23. The summed E-state index contributed by atoms with van der Waals surface area (Å²) in [5.74, 6) is 0.432. The summed E-state index contributed by atoms with van der Waals surface area (Å²) in [5.41, 5.74) is 0. The zero-order valence-corrected chi connectivity index (χ0v) is 12.8. The molecule has 1 unspecified atom stereocenters. The average Bonchev–Trinajstić information content (AvgIpc) is 3.00. The van der Waals surface area contributed by atoms with E-state index in [1.54, 1.807) is 25.3 Å². The SMILES string of the molecule is CCOC(=O)CCOCCCCCCC(O)c1ccco1. The van der Waals surface area contributed by atoms with E-state index in [1.165, 1.54) is 0 Å². The minimum Gasteiger partial charge on any atom is -0.467 e. The second-order valence-corrected chi connectivity index (χ2v) is 4.90. The number of carbonyl (C=O) groups excluding carboxylic acids is 1. The molecule has 5 heteroatoms. The lowest BCUT2D eigenvalue weighted by atomic mass is 10.1. The summed E-state index contributed by atoms with van der Waals surface area (Å²) in [4.78, 5) is 11.0. The molecule has 1 N–H and O–H groups in total. The van der Waals surface area contributed by atoms with Crippen LogP contribution < -0.4 is 0 Å². The van der Waals surface area contributed by atoms with Gasteiger partial charge in [0.05, 0.1) is 25.9 Å². The van der Waals surface area contributed by atoms with Gasteiger partial charge in [0.15, 0.2) is 0 Å². The summed E-state index contributed by atoms with van der Waals surface area (Å²) < 4.78 is 15.3. The summed E-state index contributed by atoms with van der Waals surface area (Å²) in [7, 11) is 0. The van der Waals surface area contributed by atoms with Crippen LogP contribution in [0.5, 0.6) is 0 Å². The molecule has 1 heterocycles. The van der Waals surface area contributed by atoms with Crippen molar-refractivity contribution in [3.8, 4) is 0 Å². The number of ether oxygens (including phenoxy) is 2. The minimum absolute atomic E-state index is 0.204. The van der Waals surface area contributed by atoms with Crippen LogP contribution in [0.3, 0.4) is 0 Å². The van der Waals surface area contributed by atoms with Crippen LogP contribution in [0.2, 0.25) is 0 Å². The topological polar surface area (TPSA) is 68.9 Å². The van der Waals surface area contributed by atoms with Crippen LogP contribution in [0.15, 0.2) is 22.8 Å². The molecular formula is C16H26O5. The highest BCUT2D eigenvalue weighted by molar-refractivity contribution is 5.69. The average molecular weight is 298 g/mol. The van der Waals surface area contributed by atoms with Gasteiger partial charge >= 0.3 is 5.97 Å². The van der Waals surface area contributed by atoms with Crippen LogP contribution >= 0.6 is 0 Å². The van der Waals surface area contributed by atoms with Gasteiger partial charge in [-0.1, -0.05) is 19.3 Å². The molecule has 1 aromatic heterocycles. The Labute approximate surface area is 126 Å². The molecule has 5 nitrogen and oxygen atoms in total. The van der Waals surface area contributed by atoms with Crippen molar-refractivity contribution in [1.29, 1.82) is 0 Å². The first-order chi connectivity index (χ1) is 10.2. The first kappa shape index (κ1) is 17.7. The molecule has 0 amide bonds. The zero-order chi connectivity index (χ0) is 15.3. The van der Waals surface area contributed by atoms with E-state index < -0.39 is 6.10 Å². The molecule has 0 saturated carbocycles. The van der Waals surface area contributed by atoms with Crippen molar-refractivity contribution in [3.63, 3.8) is 0 Å². The van der Waals surface area contributed by atoms with Gasteiger partial charge in [-0.05, 0) is 31.9 Å². The lowest BCUT2D eigenvalue weighted by Crippen LogP contribution is -2.08. The van der Waals surface area contributed by atoms with E-state index in [-0.39, 0.29) is 5.97 Å². The van der Waals surface area contributed by atoms with Crippen LogP contribution in [-0.4, -0.2) is 30.9 Å². The highest BCUT2D eigenvalue weighted by Gasteiger charge is 2.09. The maximum Gasteiger partial charge on any atom is 0.308 e. The molecule has 0 aliphatic heterocycles. The molecule has 0 aliphatic rings. The molecule has 0 saturated heterocycles. The second kappa shape index (κ2) is 11.3. The molecule has 0 aromatic carbocycles. The molecule has 1 atom stereocenters. The number of hydrogen-bond acceptors (Lipinski definition) is 5. The number of unbranched alkanes of at least 4 members (excludes halogenated alkanes) is 3. The van der Waals surface area contributed by atoms with E-state index >= 15 is 0 Å². The van der Waals surface area contributed by atoms with Gasteiger partial charge in [0.25, 0.3) is 0 Å². The summed E-state index contributed by atoms with van der Waals surface area (Å²) in [6.45, 7) is 3.31. The number of rotatable bonds is 12. The molecule has 0 bridgehead atoms. The van der Waals surface area contributed by atoms with Crippen molar-refractivity contribution in [2.75, 3.05) is 19.8 Å². The summed E-state index contributed by atoms with van der Waals surface area (Å²) in [5, 5.41) is 9.82. The van der Waals surface area contributed by atoms with Gasteiger partial charge in [0, 0.05) is 6.61 Å². The zero-order valence-electron chi connectivity index (χ0n) is 12.8. The largest absolute Gasteiger partial charge is 0.467 e. The molecule has 0 aliphatic carbocycles. The third-order valence-electron chi connectivity index (χ3n) is 3.14. The maximum atomic E-state index is 11.0. The molecule has 1 rings (SSSR count). The van der Waals surface area contributed by atoms with E-state index in [0.717, 1.165) is 32.1 Å². The Morgan fingerprint density at radius 3 is 2.81 bits per heavy atom. The molecule has 0 radical (unpaired) electrons. The van der Waals surface area contributed by atoms with Gasteiger partial charge in [0.2, 0.25) is 0 Å². The fourth-order valence-electron chi connectivity index (χ4n) is 2.01. The Morgan fingerprint density at radius 1 is 1.29 bits per heavy atom. The lowest BCUT2D eigenvalue weighted by molar-refractivity contribution is -0.144. The Morgan fingerprint density at radius 2 is 2.10 bits per heavy atom. The first-order valence-corrected chi connectivity index (χ1v) is 7.69. The van der Waals surface area contributed by atoms with E-state index in [1.807, 2.05) is 0 Å². The van der Waals surface area contributed by atoms with Crippen molar-refractivity contribution in [1.82, 2.24) is 0 Å². The van der Waals surface area contributed by atoms with Crippen LogP contribution in [0.4, 0.5) is 0 Å². The standard InChI is InChI=1S/C16H26O5/c1-2-20-16(18)10-13-19-11-6-4-3-5-8-14(17)15-9-7-12-21-15/h7,9,12,14,17H,2-6,8,10-11,13H2,1H3. The van der Waals surface area contributed by atoms with Crippen LogP contribution in [0.25, 0.3) is 0 Å². The Hall–Kier alpha value is -1.33. The molecule has 21 heavy (non-hydrogen) atoms. The predicted molar refractivity (Wildman–Crippen MR) is 78.8 cm³/mol. The van der Waals surface area contributed by atoms with Gasteiger partial charge in [-0.25, -0.2) is 0 Å². The summed E-state index contributed by atoms with van der Waals surface area (Å²) in [6, 6.07) is 3.58. The van der Waals surface area contributed by atoms with Crippen molar-refractivity contribution in [2.45, 2.75) is 51.6 Å². The number of carbonyl (C=O) groups is 1. The van der Waals surface area contributed by atoms with E-state index in [2.05, 4.69) is 0 Å². The minimum atomic E-state index is -0.499. The number of esters is 1. The monoisotopic (exact) mass is 298 g/mol. The van der Waals surface area contributed by atoms with Gasteiger partial charge in [0.1, 0.15) is 11.9 Å².